The zero-order valence-electron chi connectivity index (χ0n) is 14.8. The molecule has 4 heteroatoms. The van der Waals surface area contributed by atoms with Crippen LogP contribution in [0.1, 0.15) is 47.0 Å². The fraction of sp³-hybridized carbons (Fsp3) is 0.450. The standard InChI is InChI=1S/C20H24O4/c1-11(2)14-6-7-15-10-18(24-20(15)23)19(12(3)4)17(22)8-13(5)16(21)9-14/h8,10,14,18H,1,6-7,9H2,2-5H3. The Labute approximate surface area is 143 Å². The predicted octanol–water partition coefficient (Wildman–Crippen LogP) is 3.64. The number of esters is 1. The SMILES string of the molecule is C=C(C)C1CCC2=CC(OC2=O)C(=C(C)C)C(=O)C=C(C)C(=O)C1. The highest BCUT2D eigenvalue weighted by Gasteiger charge is 2.32. The molecule has 0 aromatic rings. The molecule has 2 unspecified atom stereocenters. The van der Waals surface area contributed by atoms with Crippen LogP contribution in [0, 0.1) is 5.92 Å². The summed E-state index contributed by atoms with van der Waals surface area (Å²) in [5.74, 6) is -0.716. The van der Waals surface area contributed by atoms with Gasteiger partial charge in [-0.2, -0.15) is 0 Å². The molecule has 0 saturated carbocycles. The third-order valence-electron chi connectivity index (χ3n) is 4.62. The molecule has 24 heavy (non-hydrogen) atoms. The van der Waals surface area contributed by atoms with Crippen LogP contribution in [0.5, 0.6) is 0 Å². The third-order valence-corrected chi connectivity index (χ3v) is 4.62. The van der Waals surface area contributed by atoms with Crippen molar-refractivity contribution in [2.75, 3.05) is 0 Å². The first-order valence-corrected chi connectivity index (χ1v) is 8.21. The maximum Gasteiger partial charge on any atom is 0.334 e. The smallest absolute Gasteiger partial charge is 0.334 e. The van der Waals surface area contributed by atoms with Crippen molar-refractivity contribution in [1.29, 1.82) is 0 Å². The molecule has 2 aliphatic rings. The molecule has 128 valence electrons. The molecule has 0 N–H and O–H groups in total. The maximum atomic E-state index is 12.6. The van der Waals surface area contributed by atoms with Crippen LogP contribution in [-0.2, 0) is 19.1 Å². The molecular weight excluding hydrogens is 304 g/mol. The molecular formula is C20H24O4. The Morgan fingerprint density at radius 2 is 1.88 bits per heavy atom. The summed E-state index contributed by atoms with van der Waals surface area (Å²) in [6.45, 7) is 11.1. The highest BCUT2D eigenvalue weighted by Crippen LogP contribution is 2.30. The van der Waals surface area contributed by atoms with Gasteiger partial charge in [0.2, 0.25) is 0 Å². The second kappa shape index (κ2) is 7.12. The number of hydrogen-bond donors (Lipinski definition) is 0. The fourth-order valence-corrected chi connectivity index (χ4v) is 3.07. The number of hydrogen-bond acceptors (Lipinski definition) is 4. The molecule has 0 aromatic heterocycles. The number of Topliss-reactive ketones (excluding diaryl/α,β-unsaturated/α-hetero) is 1. The highest BCUT2D eigenvalue weighted by atomic mass is 16.5. The van der Waals surface area contributed by atoms with E-state index in [1.165, 1.54) is 6.08 Å². The minimum Gasteiger partial charge on any atom is -0.450 e. The molecule has 0 radical (unpaired) electrons. The van der Waals surface area contributed by atoms with Crippen LogP contribution in [0.25, 0.3) is 0 Å². The van der Waals surface area contributed by atoms with E-state index in [0.717, 1.165) is 11.1 Å². The Kier molecular flexibility index (Phi) is 5.37. The first-order valence-electron chi connectivity index (χ1n) is 8.21. The summed E-state index contributed by atoms with van der Waals surface area (Å²) in [5.41, 5.74) is 3.13. The topological polar surface area (TPSA) is 60.4 Å². The van der Waals surface area contributed by atoms with Crippen LogP contribution < -0.4 is 0 Å². The van der Waals surface area contributed by atoms with E-state index in [1.807, 2.05) is 6.92 Å². The lowest BCUT2D eigenvalue weighted by Crippen LogP contribution is -2.19. The second-order valence-corrected chi connectivity index (χ2v) is 6.83. The fourth-order valence-electron chi connectivity index (χ4n) is 3.07. The number of ketones is 2. The van der Waals surface area contributed by atoms with Crippen molar-refractivity contribution in [2.45, 2.75) is 53.1 Å². The van der Waals surface area contributed by atoms with E-state index in [9.17, 15) is 14.4 Å². The Balaban J connectivity index is 2.48. The average Bonchev–Trinajstić information content (AvgIpc) is 2.82. The lowest BCUT2D eigenvalue weighted by molar-refractivity contribution is -0.138. The van der Waals surface area contributed by atoms with Gasteiger partial charge in [-0.05, 0) is 64.2 Å². The van der Waals surface area contributed by atoms with Crippen molar-refractivity contribution < 1.29 is 19.1 Å². The summed E-state index contributed by atoms with van der Waals surface area (Å²) >= 11 is 0. The number of fused-ring (bicyclic) bond motifs is 1. The molecule has 2 bridgehead atoms. The van der Waals surface area contributed by atoms with Crippen molar-refractivity contribution in [3.05, 3.63) is 46.6 Å². The van der Waals surface area contributed by atoms with Gasteiger partial charge in [0.25, 0.3) is 0 Å². The van der Waals surface area contributed by atoms with Crippen molar-refractivity contribution >= 4 is 17.5 Å². The summed E-state index contributed by atoms with van der Waals surface area (Å²) in [6.07, 6.45) is 3.94. The summed E-state index contributed by atoms with van der Waals surface area (Å²) in [7, 11) is 0. The minimum absolute atomic E-state index is 0.00828. The molecule has 0 saturated heterocycles. The molecule has 1 heterocycles. The maximum absolute atomic E-state index is 12.6. The minimum atomic E-state index is -0.660. The highest BCUT2D eigenvalue weighted by molar-refractivity contribution is 6.11. The summed E-state index contributed by atoms with van der Waals surface area (Å²) < 4.78 is 5.39. The lowest BCUT2D eigenvalue weighted by atomic mass is 9.86. The number of carbonyl (C=O) groups is 3. The van der Waals surface area contributed by atoms with Gasteiger partial charge >= 0.3 is 5.97 Å². The van der Waals surface area contributed by atoms with Gasteiger partial charge in [-0.1, -0.05) is 17.7 Å². The van der Waals surface area contributed by atoms with E-state index in [2.05, 4.69) is 6.58 Å². The second-order valence-electron chi connectivity index (χ2n) is 6.83. The van der Waals surface area contributed by atoms with E-state index >= 15 is 0 Å². The normalized spacial score (nSPS) is 25.3. The van der Waals surface area contributed by atoms with E-state index in [1.54, 1.807) is 26.8 Å². The molecule has 0 aromatic carbocycles. The van der Waals surface area contributed by atoms with Crippen LogP contribution in [0.15, 0.2) is 46.6 Å². The van der Waals surface area contributed by atoms with Gasteiger partial charge in [-0.3, -0.25) is 9.59 Å². The van der Waals surface area contributed by atoms with Crippen LogP contribution in [0.3, 0.4) is 0 Å². The Hall–Kier alpha value is -2.23. The molecule has 0 fully saturated rings. The predicted molar refractivity (Wildman–Crippen MR) is 92.3 cm³/mol. The molecule has 4 nitrogen and oxygen atoms in total. The van der Waals surface area contributed by atoms with Crippen molar-refractivity contribution in [3.8, 4) is 0 Å². The average molecular weight is 328 g/mol. The van der Waals surface area contributed by atoms with Gasteiger partial charge in [-0.15, -0.1) is 0 Å². The molecule has 1 aliphatic heterocycles. The quantitative estimate of drug-likeness (QED) is 0.419. The van der Waals surface area contributed by atoms with Gasteiger partial charge < -0.3 is 4.74 Å². The summed E-state index contributed by atoms with van der Waals surface area (Å²) in [5, 5.41) is 0. The monoisotopic (exact) mass is 328 g/mol. The largest absolute Gasteiger partial charge is 0.450 e. The number of allylic oxidation sites excluding steroid dienone is 4. The lowest BCUT2D eigenvalue weighted by Gasteiger charge is -2.17. The van der Waals surface area contributed by atoms with Gasteiger partial charge in [-0.25, -0.2) is 4.79 Å². The van der Waals surface area contributed by atoms with Crippen LogP contribution in [-0.4, -0.2) is 23.6 Å². The first-order chi connectivity index (χ1) is 11.2. The van der Waals surface area contributed by atoms with E-state index in [0.29, 0.717) is 36.0 Å². The molecule has 1 aliphatic carbocycles. The molecule has 0 spiro atoms. The number of ether oxygens (including phenoxy) is 1. The molecule has 0 amide bonds. The number of carbonyl (C=O) groups excluding carboxylic acids is 3. The molecule has 2 rings (SSSR count). The van der Waals surface area contributed by atoms with Crippen molar-refractivity contribution in [3.63, 3.8) is 0 Å². The van der Waals surface area contributed by atoms with Gasteiger partial charge in [0, 0.05) is 17.6 Å². The van der Waals surface area contributed by atoms with Crippen molar-refractivity contribution in [2.24, 2.45) is 5.92 Å². The van der Waals surface area contributed by atoms with E-state index in [-0.39, 0.29) is 23.5 Å². The Morgan fingerprint density at radius 3 is 2.46 bits per heavy atom. The zero-order chi connectivity index (χ0) is 18.0. The first kappa shape index (κ1) is 18.1. The summed E-state index contributed by atoms with van der Waals surface area (Å²) in [6, 6.07) is 0. The zero-order valence-corrected chi connectivity index (χ0v) is 14.8. The van der Waals surface area contributed by atoms with Crippen molar-refractivity contribution in [1.82, 2.24) is 0 Å². The van der Waals surface area contributed by atoms with Gasteiger partial charge in [0.15, 0.2) is 11.6 Å². The van der Waals surface area contributed by atoms with E-state index in [4.69, 9.17) is 4.74 Å². The van der Waals surface area contributed by atoms with Gasteiger partial charge in [0.05, 0.1) is 0 Å². The van der Waals surface area contributed by atoms with Gasteiger partial charge in [0.1, 0.15) is 6.10 Å². The summed E-state index contributed by atoms with van der Waals surface area (Å²) in [4.78, 5) is 37.1. The van der Waals surface area contributed by atoms with Crippen LogP contribution in [0.4, 0.5) is 0 Å². The molecule has 2 atom stereocenters. The van der Waals surface area contributed by atoms with Crippen LogP contribution in [0.2, 0.25) is 0 Å². The number of rotatable bonds is 1. The van der Waals surface area contributed by atoms with Crippen LogP contribution >= 0.6 is 0 Å². The van der Waals surface area contributed by atoms with E-state index < -0.39 is 6.10 Å². The third kappa shape index (κ3) is 3.81. The Morgan fingerprint density at radius 1 is 1.21 bits per heavy atom. The Bertz CT molecular complexity index is 699.